The van der Waals surface area contributed by atoms with Crippen molar-refractivity contribution in [3.05, 3.63) is 95.8 Å². The number of esters is 1. The van der Waals surface area contributed by atoms with Gasteiger partial charge in [-0.2, -0.15) is 48.0 Å². The molecule has 0 fully saturated rings. The van der Waals surface area contributed by atoms with Crippen LogP contribution in [0.4, 0.5) is 0 Å². The first-order chi connectivity index (χ1) is 13.7. The summed E-state index contributed by atoms with van der Waals surface area (Å²) in [5.41, 5.74) is 2.98. The molecule has 0 aliphatic heterocycles. The van der Waals surface area contributed by atoms with Gasteiger partial charge in [-0.05, 0) is 36.1 Å². The Balaban J connectivity index is 0.000000363. The zero-order valence-corrected chi connectivity index (χ0v) is 17.0. The Morgan fingerprint density at radius 1 is 1.04 bits per heavy atom. The molecule has 0 amide bonds. The van der Waals surface area contributed by atoms with Crippen LogP contribution in [-0.4, -0.2) is 11.0 Å². The molecule has 5 heteroatoms. The van der Waals surface area contributed by atoms with Crippen LogP contribution in [0.2, 0.25) is 0 Å². The average Bonchev–Trinajstić information content (AvgIpc) is 2.76. The number of carbonyl (C=O) groups excluding carboxylic acids is 1. The van der Waals surface area contributed by atoms with Gasteiger partial charge in [-0.1, -0.05) is 44.8 Å². The van der Waals surface area contributed by atoms with Crippen molar-refractivity contribution in [2.24, 2.45) is 0 Å². The Morgan fingerprint density at radius 3 is 2.21 bits per heavy atom. The Kier molecular flexibility index (Phi) is 12.1. The fourth-order valence-electron chi connectivity index (χ4n) is 2.18. The van der Waals surface area contributed by atoms with Crippen LogP contribution in [0.3, 0.4) is 0 Å². The third-order valence-corrected chi connectivity index (χ3v) is 3.69. The van der Waals surface area contributed by atoms with E-state index in [4.69, 9.17) is 8.60 Å². The molecule has 28 heavy (non-hydrogen) atoms. The number of aryl methyl sites for hydroxylation is 2. The van der Waals surface area contributed by atoms with Crippen LogP contribution in [0.25, 0.3) is 0 Å². The molecule has 4 nitrogen and oxygen atoms in total. The van der Waals surface area contributed by atoms with Gasteiger partial charge in [-0.15, -0.1) is 0 Å². The van der Waals surface area contributed by atoms with Gasteiger partial charge in [0.25, 0.3) is 0 Å². The zero-order valence-electron chi connectivity index (χ0n) is 16.0. The van der Waals surface area contributed by atoms with Crippen LogP contribution < -0.4 is 4.74 Å². The van der Waals surface area contributed by atoms with E-state index >= 15 is 0 Å². The number of rotatable bonds is 5. The SMILES string of the molecule is CCCCc1ccc(OC(=O)c2cc[c-]nc2)cc1.Cc1cc[c-]cc1.[O]=[Co]. The molecule has 1 aromatic heterocycles. The second-order valence-corrected chi connectivity index (χ2v) is 5.89. The van der Waals surface area contributed by atoms with E-state index in [1.54, 1.807) is 12.1 Å². The Bertz CT molecular complexity index is 793. The molecule has 149 valence electrons. The predicted octanol–water partition coefficient (Wildman–Crippen LogP) is 5.12. The second kappa shape index (κ2) is 14.4. The molecule has 3 rings (SSSR count). The summed E-state index contributed by atoms with van der Waals surface area (Å²) in [6, 6.07) is 21.7. The number of pyridine rings is 1. The van der Waals surface area contributed by atoms with E-state index in [1.807, 2.05) is 48.5 Å². The normalized spacial score (nSPS) is 9.25. The number of hydrogen-bond acceptors (Lipinski definition) is 4. The fraction of sp³-hybridized carbons (Fsp3) is 0.217. The van der Waals surface area contributed by atoms with Gasteiger partial charge in [0.1, 0.15) is 5.75 Å². The molecular weight excluding hydrogens is 397 g/mol. The van der Waals surface area contributed by atoms with Crippen LogP contribution in [0, 0.1) is 19.2 Å². The van der Waals surface area contributed by atoms with Crippen molar-refractivity contribution in [1.82, 2.24) is 4.98 Å². The first-order valence-electron chi connectivity index (χ1n) is 8.88. The second-order valence-electron chi connectivity index (χ2n) is 5.89. The Labute approximate surface area is 174 Å². The molecule has 0 saturated heterocycles. The molecule has 0 N–H and O–H groups in total. The molecule has 0 aliphatic rings. The molecule has 1 heterocycles. The summed E-state index contributed by atoms with van der Waals surface area (Å²) in [6.07, 6.45) is 7.47. The van der Waals surface area contributed by atoms with Crippen LogP contribution in [0.5, 0.6) is 5.75 Å². The number of carbonyl (C=O) groups is 1. The van der Waals surface area contributed by atoms with Crippen LogP contribution in [0.15, 0.2) is 66.9 Å². The summed E-state index contributed by atoms with van der Waals surface area (Å²) in [5, 5.41) is 0. The molecule has 0 atom stereocenters. The molecule has 3 aromatic rings. The summed E-state index contributed by atoms with van der Waals surface area (Å²) in [5.74, 6) is 0.154. The van der Waals surface area contributed by atoms with E-state index in [1.165, 1.54) is 30.2 Å². The Morgan fingerprint density at radius 2 is 1.71 bits per heavy atom. The first kappa shape index (κ1) is 23.4. The molecule has 0 unspecified atom stereocenters. The van der Waals surface area contributed by atoms with Gasteiger partial charge in [0.15, 0.2) is 0 Å². The van der Waals surface area contributed by atoms with Crippen molar-refractivity contribution in [3.63, 3.8) is 0 Å². The summed E-state index contributed by atoms with van der Waals surface area (Å²) >= 11 is 2.31. The molecule has 0 radical (unpaired) electrons. The summed E-state index contributed by atoms with van der Waals surface area (Å²) < 4.78 is 13.2. The zero-order chi connectivity index (χ0) is 20.6. The minimum atomic E-state index is -0.400. The van der Waals surface area contributed by atoms with Crippen molar-refractivity contribution < 1.29 is 29.1 Å². The summed E-state index contributed by atoms with van der Waals surface area (Å²) in [4.78, 5) is 15.6. The number of aromatic nitrogens is 1. The van der Waals surface area contributed by atoms with Crippen LogP contribution in [0.1, 0.15) is 41.3 Å². The third kappa shape index (κ3) is 9.35. The van der Waals surface area contributed by atoms with Gasteiger partial charge >= 0.3 is 25.5 Å². The maximum atomic E-state index is 11.8. The van der Waals surface area contributed by atoms with Crippen molar-refractivity contribution in [1.29, 1.82) is 0 Å². The topological polar surface area (TPSA) is 56.3 Å². The van der Waals surface area contributed by atoms with E-state index in [0.29, 0.717) is 11.3 Å². The predicted molar refractivity (Wildman–Crippen MR) is 104 cm³/mol. The van der Waals surface area contributed by atoms with E-state index in [9.17, 15) is 4.79 Å². The maximum absolute atomic E-state index is 11.8. The standard InChI is InChI=1S/C16H16NO2.C7H7.Co.O/c1-2-3-5-13-7-9-15(10-8-13)19-16(18)14-6-4-11-17-12-14;1-7-5-3-2-4-6-7;;/h4,6-10,12H,2-3,5H2,1H3;3-6H,1H3;;/q2*-1;;. The fourth-order valence-corrected chi connectivity index (χ4v) is 2.18. The number of hydrogen-bond donors (Lipinski definition) is 0. The molecule has 0 spiro atoms. The Hall–Kier alpha value is -2.63. The van der Waals surface area contributed by atoms with Gasteiger partial charge in [-0.25, -0.2) is 4.79 Å². The molecule has 0 saturated carbocycles. The molecular formula is C23H23CoNO3-2. The van der Waals surface area contributed by atoms with Crippen LogP contribution in [-0.2, 0) is 26.0 Å². The average molecular weight is 420 g/mol. The van der Waals surface area contributed by atoms with Gasteiger partial charge in [-0.3, -0.25) is 0 Å². The van der Waals surface area contributed by atoms with Crippen LogP contribution >= 0.6 is 0 Å². The summed E-state index contributed by atoms with van der Waals surface area (Å²) in [7, 11) is 0. The van der Waals surface area contributed by atoms with E-state index in [0.717, 1.165) is 6.42 Å². The summed E-state index contributed by atoms with van der Waals surface area (Å²) in [6.45, 7) is 4.23. The van der Waals surface area contributed by atoms with Gasteiger partial charge in [0.05, 0.1) is 0 Å². The van der Waals surface area contributed by atoms with E-state index in [-0.39, 0.29) is 0 Å². The number of benzene rings is 2. The van der Waals surface area contributed by atoms with Crippen molar-refractivity contribution >= 4 is 5.97 Å². The van der Waals surface area contributed by atoms with E-state index < -0.39 is 5.97 Å². The number of nitrogens with zero attached hydrogens (tertiary/aromatic N) is 1. The monoisotopic (exact) mass is 420 g/mol. The van der Waals surface area contributed by atoms with Crippen molar-refractivity contribution in [2.75, 3.05) is 0 Å². The number of ether oxygens (including phenoxy) is 1. The molecule has 0 aliphatic carbocycles. The van der Waals surface area contributed by atoms with E-state index in [2.05, 4.69) is 46.8 Å². The van der Waals surface area contributed by atoms with Gasteiger partial charge in [0, 0.05) is 0 Å². The number of unbranched alkanes of at least 4 members (excludes halogenated alkanes) is 1. The minimum absolute atomic E-state index is 0.400. The van der Waals surface area contributed by atoms with Gasteiger partial charge in [0.2, 0.25) is 0 Å². The first-order valence-corrected chi connectivity index (χ1v) is 9.31. The third-order valence-electron chi connectivity index (χ3n) is 3.69. The van der Waals surface area contributed by atoms with Gasteiger partial charge < -0.3 is 9.72 Å². The molecule has 0 bridgehead atoms. The van der Waals surface area contributed by atoms with Crippen molar-refractivity contribution in [2.45, 2.75) is 33.1 Å². The molecule has 2 aromatic carbocycles. The quantitative estimate of drug-likeness (QED) is 0.327. The van der Waals surface area contributed by atoms with Crippen molar-refractivity contribution in [3.8, 4) is 5.75 Å².